The molecule has 1 unspecified atom stereocenters. The van der Waals surface area contributed by atoms with E-state index in [1.807, 2.05) is 20.8 Å². The molecule has 2 N–H and O–H groups in total. The second kappa shape index (κ2) is 9.22. The molecule has 2 aromatic rings. The lowest BCUT2D eigenvalue weighted by Crippen LogP contribution is -2.99. The Morgan fingerprint density at radius 2 is 1.97 bits per heavy atom. The van der Waals surface area contributed by atoms with Gasteiger partial charge in [0.05, 0.1) is 31.5 Å². The highest BCUT2D eigenvalue weighted by Crippen LogP contribution is 2.32. The molecule has 1 aromatic carbocycles. The Morgan fingerprint density at radius 1 is 1.24 bits per heavy atom. The number of morpholine rings is 1. The van der Waals surface area contributed by atoms with Crippen LogP contribution >= 0.6 is 0 Å². The van der Waals surface area contributed by atoms with Crippen LogP contribution in [0.5, 0.6) is 0 Å². The predicted octanol–water partition coefficient (Wildman–Crippen LogP) is 2.07. The normalized spacial score (nSPS) is 19.8. The molecular formula is C23H31N5O5. The molecule has 4 rings (SSSR count). The van der Waals surface area contributed by atoms with Gasteiger partial charge in [-0.2, -0.15) is 5.23 Å². The summed E-state index contributed by atoms with van der Waals surface area (Å²) >= 11 is 0. The Labute approximate surface area is 193 Å². The van der Waals surface area contributed by atoms with Crippen LogP contribution in [0.15, 0.2) is 24.3 Å². The van der Waals surface area contributed by atoms with Gasteiger partial charge in [-0.3, -0.25) is 0 Å². The molecule has 2 aliphatic heterocycles. The number of aromatic nitrogens is 2. The van der Waals surface area contributed by atoms with E-state index in [1.165, 1.54) is 0 Å². The lowest BCUT2D eigenvalue weighted by atomic mass is 10.0. The van der Waals surface area contributed by atoms with Gasteiger partial charge in [-0.15, -0.1) is 0 Å². The number of quaternary nitrogens is 1. The van der Waals surface area contributed by atoms with Crippen molar-refractivity contribution in [2.24, 2.45) is 0 Å². The third kappa shape index (κ3) is 5.25. The molecule has 0 spiro atoms. The zero-order valence-corrected chi connectivity index (χ0v) is 19.5. The first-order valence-electron chi connectivity index (χ1n) is 11.2. The molecule has 0 radical (unpaired) electrons. The summed E-state index contributed by atoms with van der Waals surface area (Å²) in [6.07, 6.45) is 0.270. The number of carbonyl (C=O) groups is 1. The fraction of sp³-hybridized carbons (Fsp3) is 0.522. The number of fused-ring (bicyclic) bond motifs is 1. The Bertz CT molecular complexity index is 1010. The van der Waals surface area contributed by atoms with E-state index in [4.69, 9.17) is 19.4 Å². The number of hydrogen-bond donors (Lipinski definition) is 2. The van der Waals surface area contributed by atoms with E-state index < -0.39 is 10.8 Å². The van der Waals surface area contributed by atoms with E-state index in [0.29, 0.717) is 38.5 Å². The van der Waals surface area contributed by atoms with Crippen LogP contribution in [-0.4, -0.2) is 64.1 Å². The monoisotopic (exact) mass is 457 g/mol. The predicted molar refractivity (Wildman–Crippen MR) is 121 cm³/mol. The molecule has 2 aliphatic rings. The summed E-state index contributed by atoms with van der Waals surface area (Å²) in [5, 5.41) is 19.5. The molecule has 0 aliphatic carbocycles. The topological polar surface area (TPSA) is 116 Å². The van der Waals surface area contributed by atoms with Crippen LogP contribution in [0.2, 0.25) is 0 Å². The first-order chi connectivity index (χ1) is 15.6. The van der Waals surface area contributed by atoms with Crippen LogP contribution in [0, 0.1) is 5.21 Å². The molecule has 0 bridgehead atoms. The van der Waals surface area contributed by atoms with Gasteiger partial charge in [-0.25, -0.2) is 20.0 Å². The molecule has 3 heterocycles. The van der Waals surface area contributed by atoms with Gasteiger partial charge in [0.25, 0.3) is 0 Å². The minimum atomic E-state index is -0.983. The largest absolute Gasteiger partial charge is 0.595 e. The fourth-order valence-electron chi connectivity index (χ4n) is 4.06. The third-order valence-corrected chi connectivity index (χ3v) is 5.72. The Morgan fingerprint density at radius 3 is 2.61 bits per heavy atom. The average molecular weight is 458 g/mol. The SMILES string of the molecule is C[C@H]1COCCN1c1nc(-c2ccc([NH+]([O-])O)cc2)nc2c1CCN(C(=O)OC(C)(C)C)C2. The van der Waals surface area contributed by atoms with Gasteiger partial charge in [0.1, 0.15) is 11.4 Å². The van der Waals surface area contributed by atoms with Gasteiger partial charge < -0.3 is 24.5 Å². The molecule has 10 heteroatoms. The van der Waals surface area contributed by atoms with Crippen molar-refractivity contribution in [3.8, 4) is 11.4 Å². The highest BCUT2D eigenvalue weighted by Gasteiger charge is 2.32. The minimum absolute atomic E-state index is 0.156. The van der Waals surface area contributed by atoms with Gasteiger partial charge in [0, 0.05) is 36.3 Å². The number of rotatable bonds is 3. The number of ether oxygens (including phenoxy) is 2. The van der Waals surface area contributed by atoms with Crippen molar-refractivity contribution in [1.82, 2.24) is 14.9 Å². The molecule has 10 nitrogen and oxygen atoms in total. The van der Waals surface area contributed by atoms with Crippen molar-refractivity contribution < 1.29 is 24.7 Å². The number of nitrogens with zero attached hydrogens (tertiary/aromatic N) is 4. The number of anilines is 1. The summed E-state index contributed by atoms with van der Waals surface area (Å²) in [6.45, 7) is 10.5. The number of hydrogen-bond acceptors (Lipinski definition) is 8. The third-order valence-electron chi connectivity index (χ3n) is 5.72. The van der Waals surface area contributed by atoms with Gasteiger partial charge >= 0.3 is 6.09 Å². The Balaban J connectivity index is 1.72. The molecule has 1 aromatic heterocycles. The van der Waals surface area contributed by atoms with Crippen molar-refractivity contribution >= 4 is 17.6 Å². The maximum Gasteiger partial charge on any atom is 0.410 e. The molecule has 1 saturated heterocycles. The summed E-state index contributed by atoms with van der Waals surface area (Å²) < 4.78 is 11.2. The lowest BCUT2D eigenvalue weighted by molar-refractivity contribution is -0.991. The van der Waals surface area contributed by atoms with Crippen molar-refractivity contribution in [3.63, 3.8) is 0 Å². The van der Waals surface area contributed by atoms with Crippen LogP contribution in [-0.2, 0) is 22.4 Å². The highest BCUT2D eigenvalue weighted by molar-refractivity contribution is 5.69. The Kier molecular flexibility index (Phi) is 6.53. The number of amides is 1. The van der Waals surface area contributed by atoms with Crippen LogP contribution in [0.25, 0.3) is 11.4 Å². The van der Waals surface area contributed by atoms with Crippen LogP contribution in [0.1, 0.15) is 39.0 Å². The van der Waals surface area contributed by atoms with Crippen molar-refractivity contribution in [2.75, 3.05) is 31.2 Å². The van der Waals surface area contributed by atoms with E-state index in [1.54, 1.807) is 29.2 Å². The molecule has 33 heavy (non-hydrogen) atoms. The molecule has 178 valence electrons. The maximum atomic E-state index is 12.7. The smallest absolute Gasteiger partial charge is 0.410 e. The second-order valence-corrected chi connectivity index (χ2v) is 9.45. The molecular weight excluding hydrogens is 426 g/mol. The van der Waals surface area contributed by atoms with Crippen molar-refractivity contribution in [3.05, 3.63) is 40.7 Å². The fourth-order valence-corrected chi connectivity index (χ4v) is 4.06. The summed E-state index contributed by atoms with van der Waals surface area (Å²) in [5.41, 5.74) is 2.17. The first-order valence-corrected chi connectivity index (χ1v) is 11.2. The van der Waals surface area contributed by atoms with Crippen molar-refractivity contribution in [1.29, 1.82) is 0 Å². The van der Waals surface area contributed by atoms with Gasteiger partial charge in [0.15, 0.2) is 11.5 Å². The van der Waals surface area contributed by atoms with Gasteiger partial charge in [0.2, 0.25) is 0 Å². The lowest BCUT2D eigenvalue weighted by Gasteiger charge is -2.38. The number of carbonyl (C=O) groups excluding carboxylic acids is 1. The molecule has 1 fully saturated rings. The summed E-state index contributed by atoms with van der Waals surface area (Å²) in [4.78, 5) is 26.3. The van der Waals surface area contributed by atoms with Gasteiger partial charge in [-0.1, -0.05) is 0 Å². The second-order valence-electron chi connectivity index (χ2n) is 9.45. The van der Waals surface area contributed by atoms with E-state index in [2.05, 4.69) is 11.8 Å². The van der Waals surface area contributed by atoms with Gasteiger partial charge in [-0.05, 0) is 46.2 Å². The molecule has 1 amide bonds. The molecule has 2 atom stereocenters. The first kappa shape index (κ1) is 23.4. The van der Waals surface area contributed by atoms with E-state index in [9.17, 15) is 15.2 Å². The quantitative estimate of drug-likeness (QED) is 0.673. The van der Waals surface area contributed by atoms with E-state index >= 15 is 0 Å². The number of benzene rings is 1. The Hall–Kier alpha value is -2.79. The van der Waals surface area contributed by atoms with Crippen LogP contribution in [0.3, 0.4) is 0 Å². The summed E-state index contributed by atoms with van der Waals surface area (Å²) in [7, 11) is 0. The van der Waals surface area contributed by atoms with E-state index in [0.717, 1.165) is 29.2 Å². The van der Waals surface area contributed by atoms with E-state index in [-0.39, 0.29) is 17.8 Å². The summed E-state index contributed by atoms with van der Waals surface area (Å²) in [6, 6.07) is 6.68. The summed E-state index contributed by atoms with van der Waals surface area (Å²) in [5.74, 6) is 1.36. The number of nitrogens with one attached hydrogen (secondary N) is 1. The standard InChI is InChI=1S/C23H31N5O5/c1-15-14-32-12-11-27(15)21-18-9-10-26(22(29)33-23(2,3)4)13-19(18)24-20(25-21)16-5-7-17(8-6-16)28(30)31/h5-8,15,28,30H,9-14H2,1-4H3/t15-/m0/s1. The highest BCUT2D eigenvalue weighted by atomic mass is 16.8. The zero-order chi connectivity index (χ0) is 23.8. The maximum absolute atomic E-state index is 12.7. The molecule has 0 saturated carbocycles. The van der Waals surface area contributed by atoms with Crippen LogP contribution in [0.4, 0.5) is 16.3 Å². The van der Waals surface area contributed by atoms with Crippen molar-refractivity contribution in [2.45, 2.75) is 52.3 Å². The van der Waals surface area contributed by atoms with Crippen LogP contribution < -0.4 is 10.1 Å². The minimum Gasteiger partial charge on any atom is -0.595 e. The average Bonchev–Trinajstić information content (AvgIpc) is 2.77. The zero-order valence-electron chi connectivity index (χ0n) is 19.5.